The number of benzene rings is 3. The fourth-order valence-corrected chi connectivity index (χ4v) is 6.68. The van der Waals surface area contributed by atoms with Crippen LogP contribution in [0, 0.1) is 5.82 Å². The minimum absolute atomic E-state index is 0.221. The summed E-state index contributed by atoms with van der Waals surface area (Å²) in [6.45, 7) is 2.14. The molecular weight excluding hydrogens is 570 g/mol. The van der Waals surface area contributed by atoms with Crippen molar-refractivity contribution in [3.63, 3.8) is 0 Å². The van der Waals surface area contributed by atoms with Gasteiger partial charge in [0, 0.05) is 18.5 Å². The Hall–Kier alpha value is -3.28. The van der Waals surface area contributed by atoms with Crippen LogP contribution in [0.5, 0.6) is 0 Å². The third-order valence-corrected chi connectivity index (χ3v) is 9.28. The van der Waals surface area contributed by atoms with Crippen LogP contribution in [0.2, 0.25) is 0 Å². The van der Waals surface area contributed by atoms with E-state index in [0.29, 0.717) is 24.1 Å². The van der Waals surface area contributed by atoms with Gasteiger partial charge in [0.1, 0.15) is 5.82 Å². The lowest BCUT2D eigenvalue weighted by Gasteiger charge is -2.28. The van der Waals surface area contributed by atoms with E-state index in [4.69, 9.17) is 0 Å². The molecular formula is C31H33F4N3O3S. The number of fused-ring (bicyclic) bond motifs is 1. The number of hydrogen-bond donors (Lipinski definition) is 3. The SMILES string of the molecule is C[C@H](NC1CC1)c1ccc2c(c1)CCC[C@H]2NC(=O)C[C@@H](NS(=O)(=O)c1cccc(C(F)(F)F)c1)c1ccc(F)cc1. The van der Waals surface area contributed by atoms with Crippen LogP contribution < -0.4 is 15.4 Å². The molecule has 0 aromatic heterocycles. The standard InChI is InChI=1S/C31H33F4N3O3S/c1-19(36-25-13-14-25)21-10-15-27-22(16-21)4-2-7-28(27)37-30(39)18-29(20-8-11-24(32)12-9-20)38-42(40,41)26-6-3-5-23(17-26)31(33,34)35/h3,5-6,8-12,15-17,19,25,28-29,36,38H,2,4,7,13-14,18H2,1H3,(H,37,39)/t19-,28+,29+/m0/s1. The van der Waals surface area contributed by atoms with E-state index in [9.17, 15) is 30.8 Å². The first-order valence-electron chi connectivity index (χ1n) is 14.0. The van der Waals surface area contributed by atoms with Gasteiger partial charge in [0.15, 0.2) is 0 Å². The number of carbonyl (C=O) groups excluding carboxylic acids is 1. The molecule has 1 saturated carbocycles. The van der Waals surface area contributed by atoms with Gasteiger partial charge in [-0.1, -0.05) is 36.4 Å². The summed E-state index contributed by atoms with van der Waals surface area (Å²) in [6.07, 6.45) is -0.210. The van der Waals surface area contributed by atoms with Crippen molar-refractivity contribution in [1.29, 1.82) is 0 Å². The molecule has 0 saturated heterocycles. The van der Waals surface area contributed by atoms with Crippen molar-refractivity contribution in [2.45, 2.75) is 80.7 Å². The average Bonchev–Trinajstić information content (AvgIpc) is 3.76. The van der Waals surface area contributed by atoms with Crippen molar-refractivity contribution in [2.24, 2.45) is 0 Å². The van der Waals surface area contributed by atoms with Crippen molar-refractivity contribution in [2.75, 3.05) is 0 Å². The topological polar surface area (TPSA) is 87.3 Å². The molecule has 2 aliphatic rings. The molecule has 3 N–H and O–H groups in total. The Balaban J connectivity index is 1.33. The van der Waals surface area contributed by atoms with Crippen LogP contribution >= 0.6 is 0 Å². The zero-order valence-electron chi connectivity index (χ0n) is 23.0. The van der Waals surface area contributed by atoms with Crippen molar-refractivity contribution >= 4 is 15.9 Å². The van der Waals surface area contributed by atoms with Gasteiger partial charge >= 0.3 is 6.18 Å². The fraction of sp³-hybridized carbons (Fsp3) is 0.387. The first-order chi connectivity index (χ1) is 19.9. The molecule has 3 aromatic carbocycles. The van der Waals surface area contributed by atoms with E-state index in [1.807, 2.05) is 6.07 Å². The Bertz CT molecular complexity index is 1540. The fourth-order valence-electron chi connectivity index (χ4n) is 5.41. The van der Waals surface area contributed by atoms with Gasteiger partial charge in [-0.15, -0.1) is 0 Å². The number of carbonyl (C=O) groups is 1. The molecule has 0 unspecified atom stereocenters. The average molecular weight is 604 g/mol. The molecule has 0 heterocycles. The van der Waals surface area contributed by atoms with Gasteiger partial charge in [0.05, 0.1) is 22.5 Å². The number of nitrogens with one attached hydrogen (secondary N) is 3. The van der Waals surface area contributed by atoms with Gasteiger partial charge in [-0.05, 0) is 91.6 Å². The lowest BCUT2D eigenvalue weighted by atomic mass is 9.85. The normalized spacial score (nSPS) is 18.6. The molecule has 6 nitrogen and oxygen atoms in total. The van der Waals surface area contributed by atoms with E-state index in [1.54, 1.807) is 0 Å². The van der Waals surface area contributed by atoms with Gasteiger partial charge in [-0.3, -0.25) is 4.79 Å². The van der Waals surface area contributed by atoms with Gasteiger partial charge in [0.25, 0.3) is 0 Å². The molecule has 11 heteroatoms. The zero-order valence-corrected chi connectivity index (χ0v) is 23.9. The molecule has 3 aromatic rings. The van der Waals surface area contributed by atoms with Gasteiger partial charge in [-0.25, -0.2) is 17.5 Å². The highest BCUT2D eigenvalue weighted by molar-refractivity contribution is 7.89. The molecule has 5 rings (SSSR count). The highest BCUT2D eigenvalue weighted by atomic mass is 32.2. The van der Waals surface area contributed by atoms with Crippen LogP contribution in [0.3, 0.4) is 0 Å². The number of sulfonamides is 1. The first-order valence-corrected chi connectivity index (χ1v) is 15.5. The summed E-state index contributed by atoms with van der Waals surface area (Å²) in [5.41, 5.74) is 2.55. The summed E-state index contributed by atoms with van der Waals surface area (Å²) in [5.74, 6) is -0.996. The predicted molar refractivity (Wildman–Crippen MR) is 150 cm³/mol. The van der Waals surface area contributed by atoms with E-state index in [1.165, 1.54) is 30.5 Å². The largest absolute Gasteiger partial charge is 0.416 e. The minimum Gasteiger partial charge on any atom is -0.349 e. The second kappa shape index (κ2) is 12.1. The Morgan fingerprint density at radius 2 is 1.69 bits per heavy atom. The highest BCUT2D eigenvalue weighted by Gasteiger charge is 2.33. The number of halogens is 4. The molecule has 3 atom stereocenters. The van der Waals surface area contributed by atoms with Crippen LogP contribution in [-0.4, -0.2) is 20.4 Å². The number of rotatable bonds is 10. The maximum atomic E-state index is 13.6. The number of alkyl halides is 3. The molecule has 0 bridgehead atoms. The van der Waals surface area contributed by atoms with Crippen LogP contribution in [0.1, 0.15) is 85.0 Å². The van der Waals surface area contributed by atoms with Gasteiger partial charge in [0.2, 0.25) is 15.9 Å². The molecule has 0 spiro atoms. The Kier molecular flexibility index (Phi) is 8.73. The Labute approximate surface area is 243 Å². The number of aryl methyl sites for hydroxylation is 1. The van der Waals surface area contributed by atoms with E-state index < -0.39 is 44.4 Å². The summed E-state index contributed by atoms with van der Waals surface area (Å²) < 4.78 is 82.0. The van der Waals surface area contributed by atoms with Crippen molar-refractivity contribution < 1.29 is 30.8 Å². The summed E-state index contributed by atoms with van der Waals surface area (Å²) >= 11 is 0. The monoisotopic (exact) mass is 603 g/mol. The second-order valence-electron chi connectivity index (χ2n) is 11.1. The molecule has 224 valence electrons. The minimum atomic E-state index is -4.73. The third kappa shape index (κ3) is 7.37. The van der Waals surface area contributed by atoms with E-state index in [-0.39, 0.29) is 18.5 Å². The van der Waals surface area contributed by atoms with Crippen molar-refractivity contribution in [3.05, 3.63) is 100 Å². The van der Waals surface area contributed by atoms with Crippen molar-refractivity contribution in [1.82, 2.24) is 15.4 Å². The molecule has 0 radical (unpaired) electrons. The summed E-state index contributed by atoms with van der Waals surface area (Å²) in [6, 6.07) is 14.0. The molecule has 1 amide bonds. The zero-order chi connectivity index (χ0) is 30.1. The Morgan fingerprint density at radius 1 is 0.976 bits per heavy atom. The smallest absolute Gasteiger partial charge is 0.349 e. The summed E-state index contributed by atoms with van der Waals surface area (Å²) in [4.78, 5) is 12.7. The van der Waals surface area contributed by atoms with Crippen molar-refractivity contribution in [3.8, 4) is 0 Å². The Morgan fingerprint density at radius 3 is 2.38 bits per heavy atom. The van der Waals surface area contributed by atoms with E-state index in [2.05, 4.69) is 34.4 Å². The first kappa shape index (κ1) is 30.2. The van der Waals surface area contributed by atoms with Crippen LogP contribution in [-0.2, 0) is 27.4 Å². The quantitative estimate of drug-likeness (QED) is 0.239. The molecule has 42 heavy (non-hydrogen) atoms. The predicted octanol–water partition coefficient (Wildman–Crippen LogP) is 6.26. The van der Waals surface area contributed by atoms with E-state index in [0.717, 1.165) is 54.3 Å². The highest BCUT2D eigenvalue weighted by Crippen LogP contribution is 2.34. The maximum absolute atomic E-state index is 13.6. The molecule has 2 aliphatic carbocycles. The van der Waals surface area contributed by atoms with Crippen LogP contribution in [0.25, 0.3) is 0 Å². The summed E-state index contributed by atoms with van der Waals surface area (Å²) in [5, 5.41) is 6.62. The van der Waals surface area contributed by atoms with Gasteiger partial charge in [-0.2, -0.15) is 13.2 Å². The third-order valence-electron chi connectivity index (χ3n) is 7.81. The lowest BCUT2D eigenvalue weighted by molar-refractivity contribution is -0.137. The second-order valence-corrected chi connectivity index (χ2v) is 12.8. The van der Waals surface area contributed by atoms with Crippen LogP contribution in [0.4, 0.5) is 17.6 Å². The molecule has 1 fully saturated rings. The van der Waals surface area contributed by atoms with E-state index >= 15 is 0 Å². The van der Waals surface area contributed by atoms with Crippen LogP contribution in [0.15, 0.2) is 71.6 Å². The molecule has 0 aliphatic heterocycles. The van der Waals surface area contributed by atoms with Gasteiger partial charge < -0.3 is 10.6 Å². The number of amides is 1. The summed E-state index contributed by atoms with van der Waals surface area (Å²) in [7, 11) is -4.47. The number of hydrogen-bond acceptors (Lipinski definition) is 4. The maximum Gasteiger partial charge on any atom is 0.416 e. The lowest BCUT2D eigenvalue weighted by Crippen LogP contribution is -2.36.